The molecular formula is C16H29N7O8. The molecule has 0 aromatic rings. The Balaban J connectivity index is 4.71. The Labute approximate surface area is 177 Å². The van der Waals surface area contributed by atoms with Crippen molar-refractivity contribution < 1.29 is 39.3 Å². The molecule has 3 amide bonds. The highest BCUT2D eigenvalue weighted by Gasteiger charge is 2.27. The number of aliphatic hydroxyl groups excluding tert-OH is 1. The van der Waals surface area contributed by atoms with Crippen molar-refractivity contribution in [2.45, 2.75) is 43.8 Å². The highest BCUT2D eigenvalue weighted by atomic mass is 16.4. The lowest BCUT2D eigenvalue weighted by Crippen LogP contribution is -2.54. The number of hydrogen-bond donors (Lipinski definition) is 9. The Bertz CT molecular complexity index is 681. The van der Waals surface area contributed by atoms with E-state index in [-0.39, 0.29) is 25.3 Å². The smallest absolute Gasteiger partial charge is 0.328 e. The zero-order chi connectivity index (χ0) is 24.0. The molecule has 0 aromatic carbocycles. The summed E-state index contributed by atoms with van der Waals surface area (Å²) >= 11 is 0. The molecule has 0 fully saturated rings. The minimum absolute atomic E-state index is 0.0927. The zero-order valence-electron chi connectivity index (χ0n) is 16.7. The van der Waals surface area contributed by atoms with E-state index >= 15 is 0 Å². The molecule has 0 radical (unpaired) electrons. The molecule has 0 rings (SSSR count). The molecule has 0 unspecified atom stereocenters. The second kappa shape index (κ2) is 14.5. The lowest BCUT2D eigenvalue weighted by molar-refractivity contribution is -0.144. The van der Waals surface area contributed by atoms with Gasteiger partial charge in [0, 0.05) is 13.0 Å². The molecule has 15 nitrogen and oxygen atoms in total. The molecule has 176 valence electrons. The lowest BCUT2D eigenvalue weighted by Gasteiger charge is -2.20. The van der Waals surface area contributed by atoms with Crippen molar-refractivity contribution in [1.82, 2.24) is 16.0 Å². The maximum Gasteiger partial charge on any atom is 0.328 e. The van der Waals surface area contributed by atoms with Gasteiger partial charge in [0.15, 0.2) is 5.96 Å². The fourth-order valence-corrected chi connectivity index (χ4v) is 2.19. The van der Waals surface area contributed by atoms with E-state index in [4.69, 9.17) is 32.5 Å². The van der Waals surface area contributed by atoms with Crippen LogP contribution in [0.1, 0.15) is 25.7 Å². The lowest BCUT2D eigenvalue weighted by atomic mass is 10.1. The molecule has 0 heterocycles. The van der Waals surface area contributed by atoms with E-state index in [0.717, 1.165) is 0 Å². The van der Waals surface area contributed by atoms with E-state index < -0.39 is 67.4 Å². The molecule has 12 N–H and O–H groups in total. The highest BCUT2D eigenvalue weighted by molar-refractivity contribution is 5.92. The number of carboxylic acids is 2. The molecule has 0 saturated carbocycles. The fourth-order valence-electron chi connectivity index (χ4n) is 2.19. The van der Waals surface area contributed by atoms with Crippen LogP contribution in [0.5, 0.6) is 0 Å². The maximum atomic E-state index is 12.2. The zero-order valence-corrected chi connectivity index (χ0v) is 16.7. The van der Waals surface area contributed by atoms with Crippen molar-refractivity contribution in [2.75, 3.05) is 19.7 Å². The van der Waals surface area contributed by atoms with Crippen LogP contribution in [0.2, 0.25) is 0 Å². The SMILES string of the molecule is NC(N)=NCCC[C@H](N)C(=O)NCC(=O)N[C@H](CCC(=O)O)C(=O)N[C@@H](CO)C(=O)O. The first-order chi connectivity index (χ1) is 14.5. The van der Waals surface area contributed by atoms with Crippen molar-refractivity contribution in [3.05, 3.63) is 0 Å². The van der Waals surface area contributed by atoms with Gasteiger partial charge in [-0.25, -0.2) is 4.79 Å². The Hall–Kier alpha value is -3.46. The van der Waals surface area contributed by atoms with E-state index in [1.807, 2.05) is 5.32 Å². The number of carbonyl (C=O) groups excluding carboxylic acids is 3. The maximum absolute atomic E-state index is 12.2. The van der Waals surface area contributed by atoms with Gasteiger partial charge in [-0.15, -0.1) is 0 Å². The number of aliphatic hydroxyl groups is 1. The third kappa shape index (κ3) is 12.7. The number of carbonyl (C=O) groups is 5. The number of guanidine groups is 1. The first kappa shape index (κ1) is 27.5. The van der Waals surface area contributed by atoms with Gasteiger partial charge >= 0.3 is 11.9 Å². The van der Waals surface area contributed by atoms with Gasteiger partial charge in [-0.3, -0.25) is 24.2 Å². The summed E-state index contributed by atoms with van der Waals surface area (Å²) in [5.74, 6) is -5.33. The number of aliphatic imine (C=N–C) groups is 1. The van der Waals surface area contributed by atoms with Gasteiger partial charge in [0.2, 0.25) is 17.7 Å². The number of aliphatic carboxylic acids is 2. The monoisotopic (exact) mass is 447 g/mol. The van der Waals surface area contributed by atoms with E-state index in [1.54, 1.807) is 0 Å². The van der Waals surface area contributed by atoms with Crippen molar-refractivity contribution in [3.8, 4) is 0 Å². The second-order valence-electron chi connectivity index (χ2n) is 6.41. The van der Waals surface area contributed by atoms with Gasteiger partial charge in [-0.2, -0.15) is 0 Å². The first-order valence-electron chi connectivity index (χ1n) is 9.21. The molecule has 0 spiro atoms. The number of nitrogens with zero attached hydrogens (tertiary/aromatic N) is 1. The van der Waals surface area contributed by atoms with Crippen LogP contribution in [-0.4, -0.2) is 88.8 Å². The first-order valence-corrected chi connectivity index (χ1v) is 9.21. The van der Waals surface area contributed by atoms with Crippen molar-refractivity contribution >= 4 is 35.6 Å². The Morgan fingerprint density at radius 1 is 0.935 bits per heavy atom. The predicted octanol–water partition coefficient (Wildman–Crippen LogP) is -4.61. The summed E-state index contributed by atoms with van der Waals surface area (Å²) in [5, 5.41) is 33.1. The van der Waals surface area contributed by atoms with Crippen LogP contribution in [0.25, 0.3) is 0 Å². The second-order valence-corrected chi connectivity index (χ2v) is 6.41. The van der Waals surface area contributed by atoms with Crippen LogP contribution >= 0.6 is 0 Å². The molecule has 0 aliphatic rings. The van der Waals surface area contributed by atoms with Crippen LogP contribution < -0.4 is 33.2 Å². The van der Waals surface area contributed by atoms with Crippen molar-refractivity contribution in [2.24, 2.45) is 22.2 Å². The largest absolute Gasteiger partial charge is 0.481 e. The number of amides is 3. The van der Waals surface area contributed by atoms with E-state index in [9.17, 15) is 24.0 Å². The topological polar surface area (TPSA) is 273 Å². The standard InChI is InChI=1S/C16H29N7O8/c17-8(2-1-5-20-16(18)19)13(28)21-6-11(25)22-9(3-4-12(26)27)14(29)23-10(7-24)15(30)31/h8-10,24H,1-7,17H2,(H,21,28)(H,22,25)(H,23,29)(H,26,27)(H,30,31)(H4,18,19,20)/t8-,9+,10-/m0/s1. The molecule has 31 heavy (non-hydrogen) atoms. The van der Waals surface area contributed by atoms with Crippen LogP contribution in [-0.2, 0) is 24.0 Å². The summed E-state index contributed by atoms with van der Waals surface area (Å²) in [7, 11) is 0. The summed E-state index contributed by atoms with van der Waals surface area (Å²) in [6, 6.07) is -3.97. The molecule has 0 saturated heterocycles. The summed E-state index contributed by atoms with van der Waals surface area (Å²) in [6.07, 6.45) is -0.178. The van der Waals surface area contributed by atoms with Gasteiger partial charge in [0.25, 0.3) is 0 Å². The van der Waals surface area contributed by atoms with Gasteiger partial charge in [-0.05, 0) is 19.3 Å². The minimum atomic E-state index is -1.63. The molecule has 0 aliphatic carbocycles. The minimum Gasteiger partial charge on any atom is -0.481 e. The Morgan fingerprint density at radius 2 is 1.58 bits per heavy atom. The molecule has 15 heteroatoms. The normalized spacial score (nSPS) is 13.2. The van der Waals surface area contributed by atoms with Gasteiger partial charge in [-0.1, -0.05) is 0 Å². The summed E-state index contributed by atoms with van der Waals surface area (Å²) in [6.45, 7) is -1.19. The summed E-state index contributed by atoms with van der Waals surface area (Å²) < 4.78 is 0. The molecule has 0 bridgehead atoms. The van der Waals surface area contributed by atoms with E-state index in [2.05, 4.69) is 15.6 Å². The van der Waals surface area contributed by atoms with Crippen LogP contribution in [0.3, 0.4) is 0 Å². The predicted molar refractivity (Wildman–Crippen MR) is 106 cm³/mol. The molecule has 0 aliphatic heterocycles. The van der Waals surface area contributed by atoms with Crippen LogP contribution in [0.15, 0.2) is 4.99 Å². The van der Waals surface area contributed by atoms with Crippen LogP contribution in [0.4, 0.5) is 0 Å². The van der Waals surface area contributed by atoms with Crippen LogP contribution in [0, 0.1) is 0 Å². The molecular weight excluding hydrogens is 418 g/mol. The number of carboxylic acid groups (broad SMARTS) is 2. The summed E-state index contributed by atoms with van der Waals surface area (Å²) in [5.41, 5.74) is 16.0. The number of hydrogen-bond acceptors (Lipinski definition) is 8. The quantitative estimate of drug-likeness (QED) is 0.0654. The number of nitrogens with one attached hydrogen (secondary N) is 3. The van der Waals surface area contributed by atoms with Gasteiger partial charge < -0.3 is 48.5 Å². The van der Waals surface area contributed by atoms with Crippen molar-refractivity contribution in [1.29, 1.82) is 0 Å². The van der Waals surface area contributed by atoms with E-state index in [1.165, 1.54) is 0 Å². The summed E-state index contributed by atoms with van der Waals surface area (Å²) in [4.78, 5) is 61.6. The van der Waals surface area contributed by atoms with Gasteiger partial charge in [0.05, 0.1) is 19.2 Å². The third-order valence-electron chi connectivity index (χ3n) is 3.82. The fraction of sp³-hybridized carbons (Fsp3) is 0.625. The molecule has 0 aromatic heterocycles. The van der Waals surface area contributed by atoms with Gasteiger partial charge in [0.1, 0.15) is 12.1 Å². The number of rotatable bonds is 15. The van der Waals surface area contributed by atoms with Crippen molar-refractivity contribution in [3.63, 3.8) is 0 Å². The van der Waals surface area contributed by atoms with E-state index in [0.29, 0.717) is 6.42 Å². The Morgan fingerprint density at radius 3 is 2.10 bits per heavy atom. The number of nitrogens with two attached hydrogens (primary N) is 3. The average molecular weight is 447 g/mol. The average Bonchev–Trinajstić information content (AvgIpc) is 2.69. The third-order valence-corrected chi connectivity index (χ3v) is 3.82. The highest BCUT2D eigenvalue weighted by Crippen LogP contribution is 2.00. The molecule has 3 atom stereocenters. The Kier molecular flexibility index (Phi) is 12.9.